The van der Waals surface area contributed by atoms with Crippen LogP contribution in [0.4, 0.5) is 10.5 Å². The number of carboxylic acids is 1. The van der Waals surface area contributed by atoms with Crippen LogP contribution < -0.4 is 10.6 Å². The molecule has 0 aromatic heterocycles. The molecule has 3 N–H and O–H groups in total. The molecular weight excluding hydrogens is 339 g/mol. The first-order valence-corrected chi connectivity index (χ1v) is 7.28. The predicted molar refractivity (Wildman–Crippen MR) is 84.5 cm³/mol. The Morgan fingerprint density at radius 2 is 1.71 bits per heavy atom. The van der Waals surface area contributed by atoms with Gasteiger partial charge >= 0.3 is 12.0 Å². The number of aliphatic carboxylic acids is 1. The van der Waals surface area contributed by atoms with Crippen LogP contribution in [0.3, 0.4) is 0 Å². The number of anilines is 1. The van der Waals surface area contributed by atoms with Crippen molar-refractivity contribution in [1.82, 2.24) is 5.32 Å². The molecule has 1 aromatic carbocycles. The number of urea groups is 1. The summed E-state index contributed by atoms with van der Waals surface area (Å²) in [6.45, 7) is 3.56. The molecule has 0 aliphatic heterocycles. The third kappa shape index (κ3) is 5.26. The zero-order valence-electron chi connectivity index (χ0n) is 11.4. The average molecular weight is 354 g/mol. The van der Waals surface area contributed by atoms with Gasteiger partial charge in [0.1, 0.15) is 0 Å². The van der Waals surface area contributed by atoms with Crippen LogP contribution in [0.2, 0.25) is 15.1 Å². The van der Waals surface area contributed by atoms with Crippen LogP contribution >= 0.6 is 34.8 Å². The minimum Gasteiger partial charge on any atom is -0.481 e. The second-order valence-corrected chi connectivity index (χ2v) is 5.99. The summed E-state index contributed by atoms with van der Waals surface area (Å²) in [6, 6.07) is 2.26. The monoisotopic (exact) mass is 352 g/mol. The molecule has 1 rings (SSSR count). The molecule has 0 saturated carbocycles. The van der Waals surface area contributed by atoms with E-state index in [0.29, 0.717) is 5.69 Å². The van der Waals surface area contributed by atoms with Crippen LogP contribution in [0, 0.1) is 11.8 Å². The van der Waals surface area contributed by atoms with Crippen LogP contribution in [0.1, 0.15) is 13.8 Å². The quantitative estimate of drug-likeness (QED) is 0.697. The molecule has 8 heteroatoms. The van der Waals surface area contributed by atoms with E-state index in [0.717, 1.165) is 0 Å². The lowest BCUT2D eigenvalue weighted by molar-refractivity contribution is -0.142. The highest BCUT2D eigenvalue weighted by Gasteiger charge is 2.22. The standard InChI is InChI=1S/C13H15Cl3N2O3/c1-6(2)7(12(19)20)5-17-13(21)18-11-4-9(15)8(14)3-10(11)16/h3-4,6-7H,5H2,1-2H3,(H,19,20)(H2,17,18,21). The van der Waals surface area contributed by atoms with Gasteiger partial charge < -0.3 is 15.7 Å². The number of nitrogens with one attached hydrogen (secondary N) is 2. The summed E-state index contributed by atoms with van der Waals surface area (Å²) in [4.78, 5) is 22.8. The van der Waals surface area contributed by atoms with Gasteiger partial charge in [0.25, 0.3) is 0 Å². The van der Waals surface area contributed by atoms with Gasteiger partial charge in [0, 0.05) is 6.54 Å². The molecule has 0 radical (unpaired) electrons. The SMILES string of the molecule is CC(C)C(CNC(=O)Nc1cc(Cl)c(Cl)cc1Cl)C(=O)O. The Labute approximate surface area is 137 Å². The molecule has 0 spiro atoms. The van der Waals surface area contributed by atoms with Gasteiger partial charge in [0.05, 0.1) is 26.7 Å². The van der Waals surface area contributed by atoms with Crippen LogP contribution in [0.15, 0.2) is 12.1 Å². The summed E-state index contributed by atoms with van der Waals surface area (Å²) in [5, 5.41) is 14.8. The Bertz CT molecular complexity index is 550. The van der Waals surface area contributed by atoms with Crippen molar-refractivity contribution in [3.05, 3.63) is 27.2 Å². The third-order valence-electron chi connectivity index (χ3n) is 2.86. The Kier molecular flexibility index (Phi) is 6.58. The minimum absolute atomic E-state index is 0.0117. The van der Waals surface area contributed by atoms with Crippen molar-refractivity contribution >= 4 is 52.5 Å². The lowest BCUT2D eigenvalue weighted by Crippen LogP contribution is -2.37. The van der Waals surface area contributed by atoms with Crippen LogP contribution in [0.25, 0.3) is 0 Å². The lowest BCUT2D eigenvalue weighted by Gasteiger charge is -2.17. The van der Waals surface area contributed by atoms with E-state index in [4.69, 9.17) is 39.9 Å². The third-order valence-corrected chi connectivity index (χ3v) is 3.90. The highest BCUT2D eigenvalue weighted by molar-refractivity contribution is 6.44. The maximum absolute atomic E-state index is 11.8. The number of benzene rings is 1. The second-order valence-electron chi connectivity index (χ2n) is 4.77. The smallest absolute Gasteiger partial charge is 0.319 e. The summed E-state index contributed by atoms with van der Waals surface area (Å²) in [5.41, 5.74) is 0.292. The van der Waals surface area contributed by atoms with Crippen molar-refractivity contribution in [2.75, 3.05) is 11.9 Å². The highest BCUT2D eigenvalue weighted by atomic mass is 35.5. The Morgan fingerprint density at radius 3 is 2.24 bits per heavy atom. The molecule has 0 fully saturated rings. The molecule has 0 heterocycles. The molecule has 1 unspecified atom stereocenters. The summed E-state index contributed by atoms with van der Waals surface area (Å²) >= 11 is 17.6. The molecule has 0 bridgehead atoms. The maximum atomic E-state index is 11.8. The number of halogens is 3. The van der Waals surface area contributed by atoms with Gasteiger partial charge in [-0.05, 0) is 18.1 Å². The first-order valence-electron chi connectivity index (χ1n) is 6.14. The highest BCUT2D eigenvalue weighted by Crippen LogP contribution is 2.32. The molecule has 0 saturated heterocycles. The zero-order valence-corrected chi connectivity index (χ0v) is 13.7. The Hall–Kier alpha value is -1.17. The number of amides is 2. The number of carboxylic acid groups (broad SMARTS) is 1. The fraction of sp³-hybridized carbons (Fsp3) is 0.385. The lowest BCUT2D eigenvalue weighted by atomic mass is 9.96. The number of hydrogen-bond donors (Lipinski definition) is 3. The van der Waals surface area contributed by atoms with Gasteiger partial charge in [0.15, 0.2) is 0 Å². The van der Waals surface area contributed by atoms with Crippen molar-refractivity contribution in [1.29, 1.82) is 0 Å². The van der Waals surface area contributed by atoms with Crippen molar-refractivity contribution in [2.45, 2.75) is 13.8 Å². The van der Waals surface area contributed by atoms with Gasteiger partial charge in [-0.3, -0.25) is 4.79 Å². The van der Waals surface area contributed by atoms with E-state index in [2.05, 4.69) is 10.6 Å². The zero-order chi connectivity index (χ0) is 16.2. The first-order chi connectivity index (χ1) is 9.72. The van der Waals surface area contributed by atoms with Crippen molar-refractivity contribution < 1.29 is 14.7 Å². The van der Waals surface area contributed by atoms with E-state index >= 15 is 0 Å². The van der Waals surface area contributed by atoms with Crippen molar-refractivity contribution in [2.24, 2.45) is 11.8 Å². The fourth-order valence-corrected chi connectivity index (χ4v) is 2.19. The molecule has 5 nitrogen and oxygen atoms in total. The molecule has 1 aromatic rings. The number of hydrogen-bond acceptors (Lipinski definition) is 2. The van der Waals surface area contributed by atoms with E-state index in [1.165, 1.54) is 12.1 Å². The summed E-state index contributed by atoms with van der Waals surface area (Å²) in [7, 11) is 0. The largest absolute Gasteiger partial charge is 0.481 e. The fourth-order valence-electron chi connectivity index (χ4n) is 1.60. The van der Waals surface area contributed by atoms with Gasteiger partial charge in [-0.25, -0.2) is 4.79 Å². The molecular formula is C13H15Cl3N2O3. The molecule has 116 valence electrons. The van der Waals surface area contributed by atoms with Crippen molar-refractivity contribution in [3.8, 4) is 0 Å². The average Bonchev–Trinajstić information content (AvgIpc) is 2.35. The van der Waals surface area contributed by atoms with E-state index in [-0.39, 0.29) is 27.5 Å². The second kappa shape index (κ2) is 7.73. The molecule has 1 atom stereocenters. The van der Waals surface area contributed by atoms with E-state index in [9.17, 15) is 9.59 Å². The normalized spacial score (nSPS) is 12.1. The molecule has 2 amide bonds. The van der Waals surface area contributed by atoms with Crippen LogP contribution in [0.5, 0.6) is 0 Å². The predicted octanol–water partition coefficient (Wildman–Crippen LogP) is 4.13. The Balaban J connectivity index is 2.66. The summed E-state index contributed by atoms with van der Waals surface area (Å²) in [5.74, 6) is -1.73. The van der Waals surface area contributed by atoms with Gasteiger partial charge in [0.2, 0.25) is 0 Å². The van der Waals surface area contributed by atoms with Gasteiger partial charge in [-0.2, -0.15) is 0 Å². The molecule has 0 aliphatic rings. The Morgan fingerprint density at radius 1 is 1.14 bits per heavy atom. The first kappa shape index (κ1) is 17.9. The van der Waals surface area contributed by atoms with E-state index < -0.39 is 17.9 Å². The molecule has 0 aliphatic carbocycles. The number of carbonyl (C=O) groups is 2. The van der Waals surface area contributed by atoms with Gasteiger partial charge in [-0.15, -0.1) is 0 Å². The molecule has 21 heavy (non-hydrogen) atoms. The number of carbonyl (C=O) groups excluding carboxylic acids is 1. The number of rotatable bonds is 5. The van der Waals surface area contributed by atoms with Gasteiger partial charge in [-0.1, -0.05) is 48.7 Å². The summed E-state index contributed by atoms with van der Waals surface area (Å²) in [6.07, 6.45) is 0. The summed E-state index contributed by atoms with van der Waals surface area (Å²) < 4.78 is 0. The van der Waals surface area contributed by atoms with E-state index in [1.54, 1.807) is 13.8 Å². The van der Waals surface area contributed by atoms with Crippen molar-refractivity contribution in [3.63, 3.8) is 0 Å². The van der Waals surface area contributed by atoms with Crippen LogP contribution in [-0.4, -0.2) is 23.7 Å². The minimum atomic E-state index is -0.960. The topological polar surface area (TPSA) is 78.4 Å². The van der Waals surface area contributed by atoms with E-state index in [1.807, 2.05) is 0 Å². The van der Waals surface area contributed by atoms with Crippen LogP contribution in [-0.2, 0) is 4.79 Å². The maximum Gasteiger partial charge on any atom is 0.319 e.